The standard InChI is InChI=1S/C24H25N7O4S/c1-5-20(32)17-13-26-22(29-21-10-9-15(12-25-21)36(4,33)34)11-19(17)28-18-8-6-7-16(23(18)35-3)24-27-14-31(2)30-24/h6-14H,5H2,1-4H3,(H2,25,26,28,29). The zero-order valence-corrected chi connectivity index (χ0v) is 21.0. The zero-order chi connectivity index (χ0) is 25.9. The van der Waals surface area contributed by atoms with E-state index in [1.165, 1.54) is 18.5 Å². The van der Waals surface area contributed by atoms with Gasteiger partial charge in [0.1, 0.15) is 18.0 Å². The van der Waals surface area contributed by atoms with E-state index in [0.29, 0.717) is 52.1 Å². The predicted molar refractivity (Wildman–Crippen MR) is 136 cm³/mol. The summed E-state index contributed by atoms with van der Waals surface area (Å²) in [6.45, 7) is 1.78. The largest absolute Gasteiger partial charge is 0.494 e. The summed E-state index contributed by atoms with van der Waals surface area (Å²) in [4.78, 5) is 25.6. The lowest BCUT2D eigenvalue weighted by Gasteiger charge is -2.17. The Hall–Kier alpha value is -4.32. The number of carbonyl (C=O) groups excluding carboxylic acids is 1. The van der Waals surface area contributed by atoms with Crippen molar-refractivity contribution in [3.63, 3.8) is 0 Å². The number of nitrogens with zero attached hydrogens (tertiary/aromatic N) is 5. The van der Waals surface area contributed by atoms with Gasteiger partial charge in [-0.05, 0) is 24.3 Å². The third-order valence-corrected chi connectivity index (χ3v) is 6.37. The highest BCUT2D eigenvalue weighted by Gasteiger charge is 2.18. The molecule has 4 rings (SSSR count). The molecule has 0 aliphatic rings. The number of anilines is 4. The smallest absolute Gasteiger partial charge is 0.184 e. The van der Waals surface area contributed by atoms with Crippen LogP contribution in [0.3, 0.4) is 0 Å². The number of para-hydroxylation sites is 1. The van der Waals surface area contributed by atoms with Crippen LogP contribution in [0.1, 0.15) is 23.7 Å². The summed E-state index contributed by atoms with van der Waals surface area (Å²) in [5.41, 5.74) is 2.22. The molecule has 2 N–H and O–H groups in total. The average molecular weight is 508 g/mol. The number of aryl methyl sites for hydroxylation is 1. The van der Waals surface area contributed by atoms with Crippen LogP contribution in [-0.2, 0) is 16.9 Å². The van der Waals surface area contributed by atoms with Crippen molar-refractivity contribution in [2.45, 2.75) is 18.2 Å². The molecule has 1 aromatic carbocycles. The summed E-state index contributed by atoms with van der Waals surface area (Å²) in [5, 5.41) is 10.7. The van der Waals surface area contributed by atoms with Crippen LogP contribution < -0.4 is 15.4 Å². The lowest BCUT2D eigenvalue weighted by atomic mass is 10.1. The fourth-order valence-corrected chi connectivity index (χ4v) is 4.04. The van der Waals surface area contributed by atoms with E-state index in [1.807, 2.05) is 18.2 Å². The van der Waals surface area contributed by atoms with E-state index in [0.717, 1.165) is 6.26 Å². The second-order valence-corrected chi connectivity index (χ2v) is 9.94. The Kier molecular flexibility index (Phi) is 6.97. The normalized spacial score (nSPS) is 11.2. The number of pyridine rings is 2. The number of ketones is 1. The monoisotopic (exact) mass is 507 g/mol. The maximum atomic E-state index is 12.6. The van der Waals surface area contributed by atoms with Crippen LogP contribution in [0.5, 0.6) is 5.75 Å². The fraction of sp³-hybridized carbons (Fsp3) is 0.208. The first-order chi connectivity index (χ1) is 17.2. The molecule has 12 heteroatoms. The minimum Gasteiger partial charge on any atom is -0.494 e. The van der Waals surface area contributed by atoms with E-state index in [1.54, 1.807) is 44.2 Å². The van der Waals surface area contributed by atoms with Crippen LogP contribution in [0.2, 0.25) is 0 Å². The van der Waals surface area contributed by atoms with Gasteiger partial charge in [-0.25, -0.2) is 23.4 Å². The molecule has 4 aromatic rings. The first kappa shape index (κ1) is 24.8. The molecule has 0 aliphatic heterocycles. The minimum absolute atomic E-state index is 0.0892. The molecule has 0 radical (unpaired) electrons. The molecule has 0 atom stereocenters. The number of rotatable bonds is 9. The van der Waals surface area contributed by atoms with E-state index in [9.17, 15) is 13.2 Å². The fourth-order valence-electron chi connectivity index (χ4n) is 3.48. The number of hydrogen-bond acceptors (Lipinski definition) is 10. The highest BCUT2D eigenvalue weighted by molar-refractivity contribution is 7.90. The number of aromatic nitrogens is 5. The van der Waals surface area contributed by atoms with Crippen molar-refractivity contribution < 1.29 is 17.9 Å². The number of hydrogen-bond donors (Lipinski definition) is 2. The third-order valence-electron chi connectivity index (χ3n) is 5.28. The van der Waals surface area contributed by atoms with Crippen LogP contribution in [-0.4, -0.2) is 52.3 Å². The minimum atomic E-state index is -3.36. The molecule has 3 aromatic heterocycles. The maximum Gasteiger partial charge on any atom is 0.184 e. The van der Waals surface area contributed by atoms with E-state index in [4.69, 9.17) is 4.74 Å². The zero-order valence-electron chi connectivity index (χ0n) is 20.2. The quantitative estimate of drug-likeness (QED) is 0.322. The van der Waals surface area contributed by atoms with Gasteiger partial charge in [0.05, 0.1) is 34.5 Å². The number of ether oxygens (including phenoxy) is 1. The van der Waals surface area contributed by atoms with Gasteiger partial charge in [0.15, 0.2) is 27.2 Å². The molecular formula is C24H25N7O4S. The van der Waals surface area contributed by atoms with Crippen molar-refractivity contribution in [3.05, 3.63) is 60.7 Å². The Morgan fingerprint density at radius 3 is 2.42 bits per heavy atom. The summed E-state index contributed by atoms with van der Waals surface area (Å²) >= 11 is 0. The van der Waals surface area contributed by atoms with Gasteiger partial charge in [0, 0.05) is 38.2 Å². The van der Waals surface area contributed by atoms with Gasteiger partial charge in [-0.15, -0.1) is 0 Å². The lowest BCUT2D eigenvalue weighted by Crippen LogP contribution is -2.07. The Labute approximate surface area is 208 Å². The van der Waals surface area contributed by atoms with Gasteiger partial charge >= 0.3 is 0 Å². The first-order valence-corrected chi connectivity index (χ1v) is 12.8. The number of carbonyl (C=O) groups is 1. The third kappa shape index (κ3) is 5.33. The summed E-state index contributed by atoms with van der Waals surface area (Å²) in [6, 6.07) is 10.2. The molecule has 186 valence electrons. The lowest BCUT2D eigenvalue weighted by molar-refractivity contribution is 0.0988. The number of nitrogens with one attached hydrogen (secondary N) is 2. The van der Waals surface area contributed by atoms with Crippen LogP contribution >= 0.6 is 0 Å². The first-order valence-electron chi connectivity index (χ1n) is 11.0. The average Bonchev–Trinajstić information content (AvgIpc) is 3.29. The molecule has 11 nitrogen and oxygen atoms in total. The van der Waals surface area contributed by atoms with Gasteiger partial charge in [-0.1, -0.05) is 13.0 Å². The van der Waals surface area contributed by atoms with Crippen molar-refractivity contribution in [3.8, 4) is 17.1 Å². The van der Waals surface area contributed by atoms with Gasteiger partial charge in [0.25, 0.3) is 0 Å². The Morgan fingerprint density at radius 1 is 1.03 bits per heavy atom. The maximum absolute atomic E-state index is 12.6. The van der Waals surface area contributed by atoms with Crippen molar-refractivity contribution in [1.29, 1.82) is 0 Å². The molecular weight excluding hydrogens is 482 g/mol. The Balaban J connectivity index is 1.70. The summed E-state index contributed by atoms with van der Waals surface area (Å²) in [7, 11) is -0.0238. The number of Topliss-reactive ketones (excluding diaryl/α,β-unsaturated/α-hetero) is 1. The van der Waals surface area contributed by atoms with Gasteiger partial charge in [-0.3, -0.25) is 9.48 Å². The summed E-state index contributed by atoms with van der Waals surface area (Å²) in [5.74, 6) is 1.74. The highest BCUT2D eigenvalue weighted by Crippen LogP contribution is 2.37. The summed E-state index contributed by atoms with van der Waals surface area (Å²) < 4.78 is 30.7. The van der Waals surface area contributed by atoms with Gasteiger partial charge < -0.3 is 15.4 Å². The predicted octanol–water partition coefficient (Wildman–Crippen LogP) is 3.76. The van der Waals surface area contributed by atoms with Crippen LogP contribution in [0.4, 0.5) is 23.0 Å². The molecule has 0 fully saturated rings. The molecule has 0 amide bonds. The molecule has 3 heterocycles. The van der Waals surface area contributed by atoms with E-state index >= 15 is 0 Å². The van der Waals surface area contributed by atoms with E-state index in [2.05, 4.69) is 30.7 Å². The van der Waals surface area contributed by atoms with Crippen LogP contribution in [0.25, 0.3) is 11.4 Å². The molecule has 0 saturated heterocycles. The van der Waals surface area contributed by atoms with Crippen molar-refractivity contribution in [2.24, 2.45) is 7.05 Å². The molecule has 0 spiro atoms. The SMILES string of the molecule is CCC(=O)c1cnc(Nc2ccc(S(C)(=O)=O)cn2)cc1Nc1cccc(-c2ncn(C)n2)c1OC. The van der Waals surface area contributed by atoms with E-state index in [-0.39, 0.29) is 10.7 Å². The number of methoxy groups -OCH3 is 1. The summed E-state index contributed by atoms with van der Waals surface area (Å²) in [6.07, 6.45) is 5.77. The molecule has 0 saturated carbocycles. The van der Waals surface area contributed by atoms with Crippen LogP contribution in [0.15, 0.2) is 60.0 Å². The number of sulfone groups is 1. The van der Waals surface area contributed by atoms with Gasteiger partial charge in [0.2, 0.25) is 0 Å². The highest BCUT2D eigenvalue weighted by atomic mass is 32.2. The second kappa shape index (κ2) is 10.1. The Bertz CT molecular complexity index is 1520. The molecule has 0 unspecified atom stereocenters. The molecule has 0 aliphatic carbocycles. The molecule has 36 heavy (non-hydrogen) atoms. The number of benzene rings is 1. The van der Waals surface area contributed by atoms with Crippen molar-refractivity contribution >= 4 is 38.6 Å². The van der Waals surface area contributed by atoms with E-state index < -0.39 is 9.84 Å². The van der Waals surface area contributed by atoms with Crippen molar-refractivity contribution in [1.82, 2.24) is 24.7 Å². The van der Waals surface area contributed by atoms with Crippen LogP contribution in [0, 0.1) is 0 Å². The topological polar surface area (TPSA) is 141 Å². The second-order valence-electron chi connectivity index (χ2n) is 7.92. The Morgan fingerprint density at radius 2 is 1.81 bits per heavy atom. The van der Waals surface area contributed by atoms with Crippen molar-refractivity contribution in [2.75, 3.05) is 24.0 Å². The van der Waals surface area contributed by atoms with Gasteiger partial charge in [-0.2, -0.15) is 5.10 Å². The molecule has 0 bridgehead atoms.